The van der Waals surface area contributed by atoms with Gasteiger partial charge in [-0.2, -0.15) is 0 Å². The Bertz CT molecular complexity index is 355. The van der Waals surface area contributed by atoms with Crippen molar-refractivity contribution in [2.24, 2.45) is 0 Å². The second kappa shape index (κ2) is 6.34. The van der Waals surface area contributed by atoms with Crippen molar-refractivity contribution in [1.29, 1.82) is 0 Å². The van der Waals surface area contributed by atoms with Crippen molar-refractivity contribution in [3.05, 3.63) is 23.8 Å². The van der Waals surface area contributed by atoms with Crippen LogP contribution in [-0.4, -0.2) is 14.1 Å². The van der Waals surface area contributed by atoms with E-state index in [0.717, 1.165) is 13.2 Å². The van der Waals surface area contributed by atoms with E-state index in [9.17, 15) is 21.7 Å². The molecule has 16 heavy (non-hydrogen) atoms. The maximum Gasteiger partial charge on any atom is 1.00 e. The van der Waals surface area contributed by atoms with Crippen LogP contribution in [0.3, 0.4) is 0 Å². The van der Waals surface area contributed by atoms with Gasteiger partial charge in [0.25, 0.3) is 6.43 Å². The molecule has 0 aliphatic rings. The summed E-state index contributed by atoms with van der Waals surface area (Å²) in [6.45, 7) is -5.19. The third-order valence-corrected chi connectivity index (χ3v) is 1.87. The largest absolute Gasteiger partial charge is 1.00 e. The number of methoxy groups -OCH3 is 1. The Balaban J connectivity index is 0.00000225. The van der Waals surface area contributed by atoms with Crippen LogP contribution in [0, 0.1) is 0 Å². The number of hydrogen-bond acceptors (Lipinski definition) is 1. The van der Waals surface area contributed by atoms with Crippen molar-refractivity contribution in [2.45, 2.75) is 6.43 Å². The summed E-state index contributed by atoms with van der Waals surface area (Å²) >= 11 is 0. The third kappa shape index (κ3) is 3.99. The molecular formula is C8H7BF5KO. The minimum atomic E-state index is -5.19. The van der Waals surface area contributed by atoms with Gasteiger partial charge in [0, 0.05) is 0 Å². The fourth-order valence-corrected chi connectivity index (χ4v) is 1.11. The molecule has 0 fully saturated rings. The molecule has 0 saturated heterocycles. The number of alkyl halides is 2. The molecule has 0 saturated carbocycles. The van der Waals surface area contributed by atoms with Gasteiger partial charge in [-0.1, -0.05) is 12.1 Å². The Morgan fingerprint density at radius 1 is 1.19 bits per heavy atom. The van der Waals surface area contributed by atoms with Crippen molar-refractivity contribution in [3.8, 4) is 5.75 Å². The van der Waals surface area contributed by atoms with Crippen LogP contribution in [0.2, 0.25) is 0 Å². The predicted molar refractivity (Wildman–Crippen MR) is 46.7 cm³/mol. The van der Waals surface area contributed by atoms with Crippen LogP contribution in [0.1, 0.15) is 12.0 Å². The first-order valence-corrected chi connectivity index (χ1v) is 4.02. The van der Waals surface area contributed by atoms with Gasteiger partial charge >= 0.3 is 58.4 Å². The first-order valence-electron chi connectivity index (χ1n) is 4.02. The minimum absolute atomic E-state index is 0. The van der Waals surface area contributed by atoms with E-state index in [1.807, 2.05) is 0 Å². The van der Waals surface area contributed by atoms with Gasteiger partial charge in [-0.25, -0.2) is 8.78 Å². The fraction of sp³-hybridized carbons (Fsp3) is 0.250. The van der Waals surface area contributed by atoms with Crippen LogP contribution >= 0.6 is 0 Å². The van der Waals surface area contributed by atoms with Crippen LogP contribution in [0.25, 0.3) is 0 Å². The Hall–Kier alpha value is 0.371. The van der Waals surface area contributed by atoms with Crippen LogP contribution < -0.4 is 61.6 Å². The normalized spacial score (nSPS) is 11.2. The Morgan fingerprint density at radius 2 is 1.75 bits per heavy atom. The summed E-state index contributed by atoms with van der Waals surface area (Å²) < 4.78 is 65.8. The fourth-order valence-electron chi connectivity index (χ4n) is 1.11. The molecule has 84 valence electrons. The number of hydrogen-bond donors (Lipinski definition) is 0. The first-order chi connectivity index (χ1) is 6.86. The quantitative estimate of drug-likeness (QED) is 0.537. The van der Waals surface area contributed by atoms with Crippen molar-refractivity contribution in [1.82, 2.24) is 0 Å². The molecule has 0 atom stereocenters. The van der Waals surface area contributed by atoms with Crippen molar-refractivity contribution in [2.75, 3.05) is 7.11 Å². The van der Waals surface area contributed by atoms with Gasteiger partial charge in [-0.05, 0) is 6.07 Å². The zero-order valence-electron chi connectivity index (χ0n) is 8.68. The van der Waals surface area contributed by atoms with Crippen LogP contribution in [-0.2, 0) is 0 Å². The van der Waals surface area contributed by atoms with Gasteiger partial charge in [0.1, 0.15) is 5.75 Å². The van der Waals surface area contributed by atoms with E-state index in [1.165, 1.54) is 0 Å². The number of rotatable bonds is 3. The predicted octanol–water partition coefficient (Wildman–Crippen LogP) is -0.309. The third-order valence-electron chi connectivity index (χ3n) is 1.87. The Kier molecular flexibility index (Phi) is 6.49. The van der Waals surface area contributed by atoms with Gasteiger partial charge < -0.3 is 17.7 Å². The van der Waals surface area contributed by atoms with Crippen molar-refractivity contribution >= 4 is 12.4 Å². The number of ether oxygens (including phenoxy) is 1. The Morgan fingerprint density at radius 3 is 2.12 bits per heavy atom. The van der Waals surface area contributed by atoms with Crippen LogP contribution in [0.5, 0.6) is 5.75 Å². The van der Waals surface area contributed by atoms with E-state index in [-0.39, 0.29) is 51.4 Å². The molecular weight excluding hydrogens is 257 g/mol. The second-order valence-electron chi connectivity index (χ2n) is 2.88. The van der Waals surface area contributed by atoms with Crippen LogP contribution in [0.4, 0.5) is 21.7 Å². The van der Waals surface area contributed by atoms with Crippen LogP contribution in [0.15, 0.2) is 18.2 Å². The molecule has 0 spiro atoms. The average molecular weight is 264 g/mol. The molecule has 0 radical (unpaired) electrons. The summed E-state index contributed by atoms with van der Waals surface area (Å²) in [7, 11) is 1.05. The number of halogens is 5. The molecule has 0 amide bonds. The maximum absolute atomic E-state index is 12.3. The molecule has 0 N–H and O–H groups in total. The zero-order chi connectivity index (χ0) is 11.6. The molecule has 0 heterocycles. The van der Waals surface area contributed by atoms with Crippen molar-refractivity contribution in [3.63, 3.8) is 0 Å². The standard InChI is InChI=1S/C8H7BF5O.K/c1-15-7-4-5(9(12,13)14)2-3-6(7)8(10)11;/h2-4,8H,1H3;/q-1;+1. The molecule has 0 bridgehead atoms. The second-order valence-corrected chi connectivity index (χ2v) is 2.88. The topological polar surface area (TPSA) is 9.23 Å². The summed E-state index contributed by atoms with van der Waals surface area (Å²) in [4.78, 5) is 0. The van der Waals surface area contributed by atoms with E-state index in [0.29, 0.717) is 12.1 Å². The average Bonchev–Trinajstić information content (AvgIpc) is 2.15. The maximum atomic E-state index is 12.3. The number of benzene rings is 1. The molecule has 0 aliphatic heterocycles. The van der Waals surface area contributed by atoms with E-state index in [2.05, 4.69) is 4.74 Å². The smallest absolute Gasteiger partial charge is 0.496 e. The summed E-state index contributed by atoms with van der Waals surface area (Å²) in [6, 6.07) is 1.94. The van der Waals surface area contributed by atoms with E-state index in [1.54, 1.807) is 0 Å². The van der Waals surface area contributed by atoms with Crippen molar-refractivity contribution < 1.29 is 77.8 Å². The first kappa shape index (κ1) is 16.4. The summed E-state index contributed by atoms with van der Waals surface area (Å²) in [5.74, 6) is -0.443. The summed E-state index contributed by atoms with van der Waals surface area (Å²) in [6.07, 6.45) is -2.85. The molecule has 0 aliphatic carbocycles. The van der Waals surface area contributed by atoms with Gasteiger partial charge in [-0.3, -0.25) is 0 Å². The minimum Gasteiger partial charge on any atom is -0.496 e. The monoisotopic (exact) mass is 264 g/mol. The SMILES string of the molecule is COc1cc([B-](F)(F)F)ccc1C(F)F.[K+]. The molecule has 1 nitrogen and oxygen atoms in total. The molecule has 0 unspecified atom stereocenters. The summed E-state index contributed by atoms with van der Waals surface area (Å²) in [5, 5.41) is 0. The van der Waals surface area contributed by atoms with Gasteiger partial charge in [-0.15, -0.1) is 5.46 Å². The van der Waals surface area contributed by atoms with Gasteiger partial charge in [0.05, 0.1) is 12.7 Å². The molecule has 1 rings (SSSR count). The van der Waals surface area contributed by atoms with Gasteiger partial charge in [0.2, 0.25) is 0 Å². The van der Waals surface area contributed by atoms with Gasteiger partial charge in [0.15, 0.2) is 0 Å². The molecule has 0 aromatic heterocycles. The Labute approximate surface area is 132 Å². The van der Waals surface area contributed by atoms with E-state index in [4.69, 9.17) is 0 Å². The van der Waals surface area contributed by atoms with E-state index >= 15 is 0 Å². The summed E-state index contributed by atoms with van der Waals surface area (Å²) in [5.41, 5.74) is -1.49. The molecule has 8 heteroatoms. The zero-order valence-corrected chi connectivity index (χ0v) is 11.8. The van der Waals surface area contributed by atoms with E-state index < -0.39 is 30.2 Å². The molecule has 1 aromatic carbocycles. The molecule has 1 aromatic rings.